The number of hydrogen-bond acceptors (Lipinski definition) is 3. The maximum absolute atomic E-state index is 12.4. The quantitative estimate of drug-likeness (QED) is 0.863. The molecule has 1 aromatic heterocycles. The van der Waals surface area contributed by atoms with Crippen LogP contribution in [0.1, 0.15) is 0 Å². The summed E-state index contributed by atoms with van der Waals surface area (Å²) in [6, 6.07) is 2.17. The SMILES string of the molecule is CNc1ccc(OC(F)(F)C(F)(F)F)cn1.Cl. The third kappa shape index (κ3) is 3.88. The van der Waals surface area contributed by atoms with Crippen molar-refractivity contribution < 1.29 is 26.7 Å². The lowest BCUT2D eigenvalue weighted by molar-refractivity contribution is -0.360. The maximum atomic E-state index is 12.4. The Labute approximate surface area is 99.4 Å². The molecule has 0 spiro atoms. The largest absolute Gasteiger partial charge is 0.499 e. The smallest absolute Gasteiger partial charge is 0.424 e. The summed E-state index contributed by atoms with van der Waals surface area (Å²) in [6.45, 7) is 0. The lowest BCUT2D eigenvalue weighted by Gasteiger charge is -2.19. The van der Waals surface area contributed by atoms with Gasteiger partial charge in [-0.2, -0.15) is 22.0 Å². The summed E-state index contributed by atoms with van der Waals surface area (Å²) in [5.41, 5.74) is 0. The maximum Gasteiger partial charge on any atom is 0.499 e. The average Bonchev–Trinajstić information content (AvgIpc) is 2.16. The molecule has 0 bridgehead atoms. The van der Waals surface area contributed by atoms with Gasteiger partial charge in [0, 0.05) is 7.05 Å². The van der Waals surface area contributed by atoms with E-state index in [1.807, 2.05) is 0 Å². The standard InChI is InChI=1S/C8H7F5N2O.ClH/c1-14-6-3-2-5(4-15-6)16-8(12,13)7(9,10)11;/h2-4H,1H3,(H,14,15);1H. The lowest BCUT2D eigenvalue weighted by Crippen LogP contribution is -2.41. The molecule has 0 atom stereocenters. The molecule has 0 saturated heterocycles. The summed E-state index contributed by atoms with van der Waals surface area (Å²) in [7, 11) is 1.52. The summed E-state index contributed by atoms with van der Waals surface area (Å²) in [5, 5.41) is 2.57. The first-order valence-corrected chi connectivity index (χ1v) is 4.03. The van der Waals surface area contributed by atoms with Crippen molar-refractivity contribution in [2.24, 2.45) is 0 Å². The third-order valence-corrected chi connectivity index (χ3v) is 1.57. The van der Waals surface area contributed by atoms with Crippen molar-refractivity contribution in [2.75, 3.05) is 12.4 Å². The Hall–Kier alpha value is -1.31. The van der Waals surface area contributed by atoms with Crippen molar-refractivity contribution in [1.82, 2.24) is 4.98 Å². The van der Waals surface area contributed by atoms with Gasteiger partial charge in [0.2, 0.25) is 0 Å². The van der Waals surface area contributed by atoms with E-state index < -0.39 is 18.0 Å². The number of rotatable bonds is 3. The fourth-order valence-corrected chi connectivity index (χ4v) is 0.794. The van der Waals surface area contributed by atoms with E-state index in [0.717, 1.165) is 12.3 Å². The molecule has 3 nitrogen and oxygen atoms in total. The van der Waals surface area contributed by atoms with Crippen LogP contribution in [0.2, 0.25) is 0 Å². The molecular weight excluding hydrogens is 271 g/mol. The molecule has 0 saturated carbocycles. The van der Waals surface area contributed by atoms with E-state index in [1.165, 1.54) is 13.1 Å². The topological polar surface area (TPSA) is 34.1 Å². The van der Waals surface area contributed by atoms with E-state index in [9.17, 15) is 22.0 Å². The van der Waals surface area contributed by atoms with Crippen LogP contribution < -0.4 is 10.1 Å². The van der Waals surface area contributed by atoms with Gasteiger partial charge in [0.05, 0.1) is 6.20 Å². The van der Waals surface area contributed by atoms with Gasteiger partial charge >= 0.3 is 12.3 Å². The number of alkyl halides is 5. The molecule has 1 N–H and O–H groups in total. The predicted octanol–water partition coefficient (Wildman–Crippen LogP) is 3.08. The first-order valence-electron chi connectivity index (χ1n) is 4.03. The number of aromatic nitrogens is 1. The highest BCUT2D eigenvalue weighted by molar-refractivity contribution is 5.85. The molecule has 0 fully saturated rings. The molecule has 0 radical (unpaired) electrons. The van der Waals surface area contributed by atoms with Crippen LogP contribution in [-0.4, -0.2) is 24.3 Å². The molecule has 1 rings (SSSR count). The number of nitrogens with one attached hydrogen (secondary N) is 1. The van der Waals surface area contributed by atoms with Crippen LogP contribution in [0.3, 0.4) is 0 Å². The van der Waals surface area contributed by atoms with Crippen molar-refractivity contribution in [1.29, 1.82) is 0 Å². The first-order chi connectivity index (χ1) is 7.26. The molecule has 1 heterocycles. The normalized spacial score (nSPS) is 11.6. The molecule has 0 amide bonds. The van der Waals surface area contributed by atoms with Crippen LogP contribution in [0.5, 0.6) is 5.75 Å². The van der Waals surface area contributed by atoms with Crippen molar-refractivity contribution >= 4 is 18.2 Å². The Bertz CT molecular complexity index is 354. The van der Waals surface area contributed by atoms with Gasteiger partial charge < -0.3 is 10.1 Å². The number of nitrogens with zero attached hydrogens (tertiary/aromatic N) is 1. The van der Waals surface area contributed by atoms with Crippen LogP contribution in [0, 0.1) is 0 Å². The van der Waals surface area contributed by atoms with Gasteiger partial charge in [-0.25, -0.2) is 4.98 Å². The summed E-state index contributed by atoms with van der Waals surface area (Å²) in [6.07, 6.45) is -10.2. The van der Waals surface area contributed by atoms with E-state index in [2.05, 4.69) is 15.0 Å². The zero-order chi connectivity index (χ0) is 12.4. The van der Waals surface area contributed by atoms with Gasteiger partial charge in [-0.15, -0.1) is 12.4 Å². The Morgan fingerprint density at radius 2 is 1.76 bits per heavy atom. The Kier molecular flexibility index (Phi) is 4.94. The van der Waals surface area contributed by atoms with Crippen molar-refractivity contribution in [3.8, 4) is 5.75 Å². The van der Waals surface area contributed by atoms with E-state index in [1.54, 1.807) is 0 Å². The van der Waals surface area contributed by atoms with E-state index in [4.69, 9.17) is 0 Å². The monoisotopic (exact) mass is 278 g/mol. The summed E-state index contributed by atoms with van der Waals surface area (Å²) >= 11 is 0. The fraction of sp³-hybridized carbons (Fsp3) is 0.375. The third-order valence-electron chi connectivity index (χ3n) is 1.57. The van der Waals surface area contributed by atoms with Gasteiger partial charge in [0.1, 0.15) is 11.6 Å². The van der Waals surface area contributed by atoms with Crippen molar-refractivity contribution in [3.05, 3.63) is 18.3 Å². The molecule has 0 aromatic carbocycles. The molecule has 0 unspecified atom stereocenters. The first kappa shape index (κ1) is 15.7. The Balaban J connectivity index is 0.00000256. The van der Waals surface area contributed by atoms with Crippen molar-refractivity contribution in [3.63, 3.8) is 0 Å². The Morgan fingerprint density at radius 3 is 2.12 bits per heavy atom. The molecular formula is C8H8ClF5N2O. The highest BCUT2D eigenvalue weighted by atomic mass is 35.5. The Morgan fingerprint density at radius 1 is 1.18 bits per heavy atom. The second kappa shape index (κ2) is 5.35. The molecule has 17 heavy (non-hydrogen) atoms. The van der Waals surface area contributed by atoms with Crippen LogP contribution >= 0.6 is 12.4 Å². The second-order valence-corrected chi connectivity index (χ2v) is 2.75. The zero-order valence-electron chi connectivity index (χ0n) is 8.39. The molecule has 9 heteroatoms. The molecule has 1 aromatic rings. The number of ether oxygens (including phenoxy) is 1. The van der Waals surface area contributed by atoms with Gasteiger partial charge in [-0.3, -0.25) is 0 Å². The van der Waals surface area contributed by atoms with E-state index in [-0.39, 0.29) is 12.4 Å². The number of halogens is 6. The van der Waals surface area contributed by atoms with Crippen LogP contribution in [-0.2, 0) is 0 Å². The van der Waals surface area contributed by atoms with Crippen LogP contribution in [0.15, 0.2) is 18.3 Å². The highest BCUT2D eigenvalue weighted by Gasteiger charge is 2.61. The zero-order valence-corrected chi connectivity index (χ0v) is 9.20. The van der Waals surface area contributed by atoms with Gasteiger partial charge in [0.15, 0.2) is 0 Å². The van der Waals surface area contributed by atoms with Crippen LogP contribution in [0.4, 0.5) is 27.8 Å². The molecule has 0 aliphatic carbocycles. The lowest BCUT2D eigenvalue weighted by atomic mass is 10.4. The molecule has 0 aliphatic heterocycles. The van der Waals surface area contributed by atoms with Gasteiger partial charge in [-0.05, 0) is 12.1 Å². The minimum absolute atomic E-state index is 0. The minimum atomic E-state index is -5.76. The van der Waals surface area contributed by atoms with Crippen molar-refractivity contribution in [2.45, 2.75) is 12.3 Å². The molecule has 0 aliphatic rings. The predicted molar refractivity (Wildman–Crippen MR) is 52.7 cm³/mol. The fourth-order valence-electron chi connectivity index (χ4n) is 0.794. The highest BCUT2D eigenvalue weighted by Crippen LogP contribution is 2.37. The molecule has 98 valence electrons. The summed E-state index contributed by atoms with van der Waals surface area (Å²) < 4.78 is 63.6. The summed E-state index contributed by atoms with van der Waals surface area (Å²) in [5.74, 6) is -0.344. The summed E-state index contributed by atoms with van der Waals surface area (Å²) in [4.78, 5) is 3.53. The van der Waals surface area contributed by atoms with E-state index >= 15 is 0 Å². The minimum Gasteiger partial charge on any atom is -0.424 e. The van der Waals surface area contributed by atoms with Crippen LogP contribution in [0.25, 0.3) is 0 Å². The van der Waals surface area contributed by atoms with Gasteiger partial charge in [-0.1, -0.05) is 0 Å². The number of anilines is 1. The van der Waals surface area contributed by atoms with E-state index in [0.29, 0.717) is 5.82 Å². The number of pyridine rings is 1. The second-order valence-electron chi connectivity index (χ2n) is 2.75. The van der Waals surface area contributed by atoms with Gasteiger partial charge in [0.25, 0.3) is 0 Å². The number of hydrogen-bond donors (Lipinski definition) is 1. The average molecular weight is 279 g/mol.